The van der Waals surface area contributed by atoms with Crippen molar-refractivity contribution in [3.8, 4) is 22.8 Å². The number of aromatic hydroxyl groups is 1. The lowest BCUT2D eigenvalue weighted by Gasteiger charge is -2.26. The molecule has 0 aliphatic carbocycles. The van der Waals surface area contributed by atoms with Crippen LogP contribution in [-0.2, 0) is 6.18 Å². The minimum atomic E-state index is -4.52. The first-order valence-electron chi connectivity index (χ1n) is 8.93. The number of phenols is 1. The largest absolute Gasteiger partial charge is 0.506 e. The molecular weight excluding hydrogens is 545 g/mol. The summed E-state index contributed by atoms with van der Waals surface area (Å²) >= 11 is 6.37. The van der Waals surface area contributed by atoms with Crippen molar-refractivity contribution in [3.63, 3.8) is 0 Å². The first kappa shape index (κ1) is 21.6. The number of benzene rings is 2. The van der Waals surface area contributed by atoms with Gasteiger partial charge in [0.05, 0.1) is 20.2 Å². The van der Waals surface area contributed by atoms with E-state index >= 15 is 0 Å². The summed E-state index contributed by atoms with van der Waals surface area (Å²) in [6.07, 6.45) is -3.21. The number of ketones is 1. The van der Waals surface area contributed by atoms with Crippen molar-refractivity contribution in [1.29, 1.82) is 0 Å². The van der Waals surface area contributed by atoms with Crippen molar-refractivity contribution in [1.82, 2.24) is 4.98 Å². The van der Waals surface area contributed by atoms with Gasteiger partial charge >= 0.3 is 6.18 Å². The second-order valence-electron chi connectivity index (χ2n) is 6.78. The number of Topliss-reactive ketones (excluding diaryl/α,β-unsaturated/α-hetero) is 1. The lowest BCUT2D eigenvalue weighted by atomic mass is 9.99. The third-order valence-electron chi connectivity index (χ3n) is 4.73. The van der Waals surface area contributed by atoms with Crippen LogP contribution >= 0.6 is 31.9 Å². The van der Waals surface area contributed by atoms with Gasteiger partial charge in [0.1, 0.15) is 18.4 Å². The smallest absolute Gasteiger partial charge is 0.417 e. The number of carbonyl (C=O) groups is 1. The van der Waals surface area contributed by atoms with Crippen LogP contribution in [0.4, 0.5) is 18.9 Å². The first-order valence-corrected chi connectivity index (χ1v) is 10.5. The number of nitrogens with one attached hydrogen (secondary N) is 1. The quantitative estimate of drug-likeness (QED) is 0.383. The fourth-order valence-electron chi connectivity index (χ4n) is 3.24. The predicted octanol–water partition coefficient (Wildman–Crippen LogP) is 6.05. The summed E-state index contributed by atoms with van der Waals surface area (Å²) < 4.78 is 46.4. The molecule has 0 fully saturated rings. The number of anilines is 1. The number of rotatable bonds is 3. The minimum absolute atomic E-state index is 0.00652. The molecule has 10 heteroatoms. The predicted molar refractivity (Wildman–Crippen MR) is 115 cm³/mol. The zero-order valence-electron chi connectivity index (χ0n) is 15.5. The fraction of sp³-hybridized carbons (Fsp3) is 0.143. The van der Waals surface area contributed by atoms with E-state index in [4.69, 9.17) is 4.74 Å². The summed E-state index contributed by atoms with van der Waals surface area (Å²) in [6, 6.07) is 8.86. The van der Waals surface area contributed by atoms with Gasteiger partial charge in [-0.25, -0.2) is 4.98 Å². The number of hydrogen-bond acceptors (Lipinski definition) is 5. The number of halogens is 5. The average molecular weight is 558 g/mol. The summed E-state index contributed by atoms with van der Waals surface area (Å²) in [5.74, 6) is -0.148. The highest BCUT2D eigenvalue weighted by Gasteiger charge is 2.34. The Morgan fingerprint density at radius 3 is 2.52 bits per heavy atom. The molecular formula is C21H13Br2F3N2O3. The van der Waals surface area contributed by atoms with Crippen molar-refractivity contribution in [2.75, 3.05) is 11.9 Å². The Morgan fingerprint density at radius 2 is 1.84 bits per heavy atom. The molecule has 31 heavy (non-hydrogen) atoms. The number of nitrogens with zero attached hydrogens (tertiary/aromatic N) is 1. The lowest BCUT2D eigenvalue weighted by molar-refractivity contribution is -0.137. The van der Waals surface area contributed by atoms with E-state index in [-0.39, 0.29) is 35.1 Å². The van der Waals surface area contributed by atoms with Gasteiger partial charge in [0.15, 0.2) is 5.78 Å². The summed E-state index contributed by atoms with van der Waals surface area (Å²) in [4.78, 5) is 17.0. The zero-order valence-corrected chi connectivity index (χ0v) is 18.7. The number of phenolic OH excluding ortho intramolecular Hbond substituents is 1. The third kappa shape index (κ3) is 4.27. The van der Waals surface area contributed by atoms with Crippen LogP contribution in [0.15, 0.2) is 57.6 Å². The maximum absolute atomic E-state index is 13.4. The number of pyridine rings is 1. The molecule has 1 aliphatic rings. The Hall–Kier alpha value is -2.59. The Kier molecular flexibility index (Phi) is 5.69. The summed E-state index contributed by atoms with van der Waals surface area (Å²) in [5.41, 5.74) is 0.0708. The van der Waals surface area contributed by atoms with Gasteiger partial charge in [-0.3, -0.25) is 4.79 Å². The van der Waals surface area contributed by atoms with Crippen LogP contribution in [-0.4, -0.2) is 28.5 Å². The van der Waals surface area contributed by atoms with E-state index in [2.05, 4.69) is 42.2 Å². The number of ether oxygens (including phenoxy) is 1. The van der Waals surface area contributed by atoms with Gasteiger partial charge in [-0.1, -0.05) is 18.2 Å². The second-order valence-corrected chi connectivity index (χ2v) is 8.49. The normalized spacial score (nSPS) is 15.6. The molecule has 5 nitrogen and oxygen atoms in total. The highest BCUT2D eigenvalue weighted by atomic mass is 79.9. The van der Waals surface area contributed by atoms with Gasteiger partial charge in [-0.2, -0.15) is 13.2 Å². The molecule has 1 aliphatic heterocycles. The molecule has 0 spiro atoms. The molecule has 0 saturated carbocycles. The van der Waals surface area contributed by atoms with Gasteiger partial charge in [-0.05, 0) is 61.7 Å². The van der Waals surface area contributed by atoms with E-state index in [0.717, 1.165) is 6.07 Å². The van der Waals surface area contributed by atoms with E-state index in [1.54, 1.807) is 0 Å². The molecule has 4 rings (SSSR count). The monoisotopic (exact) mass is 556 g/mol. The molecule has 0 saturated heterocycles. The van der Waals surface area contributed by atoms with E-state index in [1.807, 2.05) is 0 Å². The number of aromatic nitrogens is 1. The molecule has 2 heterocycles. The molecule has 160 valence electrons. The minimum Gasteiger partial charge on any atom is -0.506 e. The van der Waals surface area contributed by atoms with Gasteiger partial charge in [-0.15, -0.1) is 0 Å². The SMILES string of the molecule is O=C(c1cc(Br)c(O)c(Br)c1)C1COc2ncc(-c3ccccc3C(F)(F)F)cc2N1. The molecule has 0 radical (unpaired) electrons. The lowest BCUT2D eigenvalue weighted by Crippen LogP contribution is -2.38. The Bertz CT molecular complexity index is 1160. The van der Waals surface area contributed by atoms with Gasteiger partial charge in [0.25, 0.3) is 0 Å². The van der Waals surface area contributed by atoms with Gasteiger partial charge in [0, 0.05) is 17.3 Å². The van der Waals surface area contributed by atoms with Crippen molar-refractivity contribution in [2.45, 2.75) is 12.2 Å². The van der Waals surface area contributed by atoms with Crippen LogP contribution in [0.3, 0.4) is 0 Å². The number of fused-ring (bicyclic) bond motifs is 1. The number of alkyl halides is 3. The molecule has 0 bridgehead atoms. The van der Waals surface area contributed by atoms with Crippen LogP contribution in [0.25, 0.3) is 11.1 Å². The molecule has 1 unspecified atom stereocenters. The molecule has 0 amide bonds. The van der Waals surface area contributed by atoms with Crippen molar-refractivity contribution >= 4 is 43.3 Å². The van der Waals surface area contributed by atoms with Crippen molar-refractivity contribution in [2.24, 2.45) is 0 Å². The van der Waals surface area contributed by atoms with Crippen LogP contribution < -0.4 is 10.1 Å². The summed E-state index contributed by atoms with van der Waals surface area (Å²) in [6.45, 7) is -0.00652. The number of hydrogen-bond donors (Lipinski definition) is 2. The summed E-state index contributed by atoms with van der Waals surface area (Å²) in [7, 11) is 0. The second kappa shape index (κ2) is 8.16. The van der Waals surface area contributed by atoms with Crippen LogP contribution in [0.1, 0.15) is 15.9 Å². The zero-order chi connectivity index (χ0) is 22.3. The third-order valence-corrected chi connectivity index (χ3v) is 5.94. The number of carbonyl (C=O) groups excluding carboxylic acids is 1. The highest BCUT2D eigenvalue weighted by molar-refractivity contribution is 9.11. The molecule has 2 N–H and O–H groups in total. The van der Waals surface area contributed by atoms with Gasteiger partial charge < -0.3 is 15.2 Å². The molecule has 1 aromatic heterocycles. The maximum atomic E-state index is 13.4. The average Bonchev–Trinajstić information content (AvgIpc) is 2.75. The standard InChI is InChI=1S/C21H13Br2F3N2O3/c22-14-5-10(6-15(23)19(14)30)18(29)17-9-31-20-16(28-17)7-11(8-27-20)12-3-1-2-4-13(12)21(24,25)26/h1-8,17,28,30H,9H2. The molecule has 3 aromatic rings. The van der Waals surface area contributed by atoms with Crippen LogP contribution in [0, 0.1) is 0 Å². The fourth-order valence-corrected chi connectivity index (χ4v) is 4.43. The van der Waals surface area contributed by atoms with E-state index in [0.29, 0.717) is 20.2 Å². The first-order chi connectivity index (χ1) is 14.6. The van der Waals surface area contributed by atoms with Crippen LogP contribution in [0.2, 0.25) is 0 Å². The maximum Gasteiger partial charge on any atom is 0.417 e. The highest BCUT2D eigenvalue weighted by Crippen LogP contribution is 2.39. The van der Waals surface area contributed by atoms with Crippen LogP contribution in [0.5, 0.6) is 11.6 Å². The van der Waals surface area contributed by atoms with Crippen molar-refractivity contribution < 1.29 is 27.8 Å². The Balaban J connectivity index is 1.66. The van der Waals surface area contributed by atoms with E-state index < -0.39 is 17.8 Å². The topological polar surface area (TPSA) is 71.5 Å². The van der Waals surface area contributed by atoms with E-state index in [1.165, 1.54) is 42.6 Å². The van der Waals surface area contributed by atoms with Gasteiger partial charge in [0.2, 0.25) is 5.88 Å². The Morgan fingerprint density at radius 1 is 1.16 bits per heavy atom. The van der Waals surface area contributed by atoms with Crippen molar-refractivity contribution in [3.05, 3.63) is 68.7 Å². The summed E-state index contributed by atoms with van der Waals surface area (Å²) in [5, 5.41) is 12.8. The molecule has 1 atom stereocenters. The van der Waals surface area contributed by atoms with E-state index in [9.17, 15) is 23.1 Å². The molecule has 2 aromatic carbocycles. The Labute approximate surface area is 191 Å².